The van der Waals surface area contributed by atoms with Crippen LogP contribution in [0.25, 0.3) is 0 Å². The van der Waals surface area contributed by atoms with Crippen molar-refractivity contribution in [3.63, 3.8) is 0 Å². The number of aromatic hydroxyl groups is 1. The summed E-state index contributed by atoms with van der Waals surface area (Å²) >= 11 is 0. The first-order valence-corrected chi connectivity index (χ1v) is 6.11. The fourth-order valence-corrected chi connectivity index (χ4v) is 1.85. The highest BCUT2D eigenvalue weighted by Gasteiger charge is 2.18. The van der Waals surface area contributed by atoms with Gasteiger partial charge in [0.05, 0.1) is 19.2 Å². The summed E-state index contributed by atoms with van der Waals surface area (Å²) in [6.45, 7) is 0.360. The van der Waals surface area contributed by atoms with Crippen LogP contribution in [-0.4, -0.2) is 39.6 Å². The van der Waals surface area contributed by atoms with Crippen molar-refractivity contribution in [2.24, 2.45) is 7.05 Å². The molecule has 0 aliphatic rings. The molecule has 0 saturated heterocycles. The minimum absolute atomic E-state index is 0.0671. The van der Waals surface area contributed by atoms with Gasteiger partial charge in [-0.1, -0.05) is 0 Å². The fourth-order valence-electron chi connectivity index (χ4n) is 1.85. The van der Waals surface area contributed by atoms with E-state index in [-0.39, 0.29) is 17.2 Å². The summed E-state index contributed by atoms with van der Waals surface area (Å²) < 4.78 is 6.91. The average molecular weight is 275 g/mol. The Morgan fingerprint density at radius 1 is 1.50 bits per heavy atom. The lowest BCUT2D eigenvalue weighted by Gasteiger charge is -2.18. The van der Waals surface area contributed by atoms with Crippen LogP contribution in [-0.2, 0) is 13.6 Å². The zero-order chi connectivity index (χ0) is 14.7. The second kappa shape index (κ2) is 5.64. The second-order valence-corrected chi connectivity index (χ2v) is 4.50. The second-order valence-electron chi connectivity index (χ2n) is 4.50. The Bertz CT molecular complexity index is 622. The molecule has 1 aromatic heterocycles. The zero-order valence-corrected chi connectivity index (χ0v) is 11.7. The third-order valence-electron chi connectivity index (χ3n) is 3.08. The van der Waals surface area contributed by atoms with Crippen LogP contribution in [0.2, 0.25) is 0 Å². The van der Waals surface area contributed by atoms with E-state index in [1.807, 2.05) is 17.8 Å². The number of hydrogen-bond acceptors (Lipinski definition) is 4. The van der Waals surface area contributed by atoms with E-state index in [1.165, 1.54) is 24.1 Å². The van der Waals surface area contributed by atoms with Crippen LogP contribution in [0.15, 0.2) is 30.6 Å². The molecular formula is C14H17N3O3. The maximum absolute atomic E-state index is 12.3. The van der Waals surface area contributed by atoms with Crippen LogP contribution in [0.4, 0.5) is 0 Å². The van der Waals surface area contributed by atoms with E-state index >= 15 is 0 Å². The average Bonchev–Trinajstić information content (AvgIpc) is 2.84. The van der Waals surface area contributed by atoms with Crippen molar-refractivity contribution < 1.29 is 14.6 Å². The Morgan fingerprint density at radius 2 is 2.25 bits per heavy atom. The van der Waals surface area contributed by atoms with Crippen LogP contribution in [0.5, 0.6) is 11.5 Å². The Kier molecular flexibility index (Phi) is 3.93. The number of imidazole rings is 1. The number of benzene rings is 1. The number of phenols is 1. The van der Waals surface area contributed by atoms with Crippen molar-refractivity contribution in [1.29, 1.82) is 0 Å². The van der Waals surface area contributed by atoms with E-state index in [0.717, 1.165) is 5.82 Å². The van der Waals surface area contributed by atoms with Gasteiger partial charge in [0, 0.05) is 26.5 Å². The molecule has 1 N–H and O–H groups in total. The zero-order valence-electron chi connectivity index (χ0n) is 11.7. The smallest absolute Gasteiger partial charge is 0.257 e. The highest BCUT2D eigenvalue weighted by atomic mass is 16.5. The summed E-state index contributed by atoms with van der Waals surface area (Å²) in [6, 6.07) is 4.57. The van der Waals surface area contributed by atoms with E-state index in [9.17, 15) is 9.90 Å². The summed E-state index contributed by atoms with van der Waals surface area (Å²) in [7, 11) is 5.04. The van der Waals surface area contributed by atoms with Crippen LogP contribution >= 0.6 is 0 Å². The lowest BCUT2D eigenvalue weighted by Crippen LogP contribution is -2.27. The van der Waals surface area contributed by atoms with Gasteiger partial charge in [-0.3, -0.25) is 4.79 Å². The van der Waals surface area contributed by atoms with Crippen molar-refractivity contribution >= 4 is 5.91 Å². The molecule has 0 bridgehead atoms. The molecule has 0 unspecified atom stereocenters. The molecule has 1 aromatic carbocycles. The number of aromatic nitrogens is 2. The first-order valence-electron chi connectivity index (χ1n) is 6.11. The van der Waals surface area contributed by atoms with E-state index < -0.39 is 0 Å². The molecule has 20 heavy (non-hydrogen) atoms. The van der Waals surface area contributed by atoms with Crippen molar-refractivity contribution in [1.82, 2.24) is 14.5 Å². The number of phenolic OH excluding ortho intramolecular Hbond substituents is 1. The fraction of sp³-hybridized carbons (Fsp3) is 0.286. The highest BCUT2D eigenvalue weighted by Crippen LogP contribution is 2.24. The lowest BCUT2D eigenvalue weighted by atomic mass is 10.1. The molecule has 0 saturated carbocycles. The van der Waals surface area contributed by atoms with Gasteiger partial charge in [0.1, 0.15) is 17.3 Å². The van der Waals surface area contributed by atoms with Gasteiger partial charge in [-0.2, -0.15) is 0 Å². The van der Waals surface area contributed by atoms with Crippen LogP contribution in [0.3, 0.4) is 0 Å². The molecule has 0 radical (unpaired) electrons. The molecule has 1 amide bonds. The third kappa shape index (κ3) is 2.74. The number of amides is 1. The van der Waals surface area contributed by atoms with E-state index in [0.29, 0.717) is 12.3 Å². The first kappa shape index (κ1) is 13.9. The maximum Gasteiger partial charge on any atom is 0.257 e. The molecule has 2 aromatic rings. The quantitative estimate of drug-likeness (QED) is 0.916. The van der Waals surface area contributed by atoms with Crippen molar-refractivity contribution in [2.75, 3.05) is 14.2 Å². The van der Waals surface area contributed by atoms with Crippen LogP contribution in [0.1, 0.15) is 16.2 Å². The Hall–Kier alpha value is -2.50. The summed E-state index contributed by atoms with van der Waals surface area (Å²) in [5, 5.41) is 9.81. The van der Waals surface area contributed by atoms with Crippen molar-refractivity contribution in [3.05, 3.63) is 42.0 Å². The first-order chi connectivity index (χ1) is 9.52. The number of methoxy groups -OCH3 is 1. The molecule has 0 atom stereocenters. The summed E-state index contributed by atoms with van der Waals surface area (Å²) in [4.78, 5) is 18.0. The van der Waals surface area contributed by atoms with Gasteiger partial charge >= 0.3 is 0 Å². The molecule has 106 valence electrons. The molecule has 0 aliphatic heterocycles. The van der Waals surface area contributed by atoms with Gasteiger partial charge in [-0.05, 0) is 18.2 Å². The lowest BCUT2D eigenvalue weighted by molar-refractivity contribution is 0.0777. The summed E-state index contributed by atoms with van der Waals surface area (Å²) in [5.74, 6) is 0.937. The SMILES string of the molecule is COc1ccc(O)c(C(=O)N(C)Cc2nccn2C)c1. The predicted molar refractivity (Wildman–Crippen MR) is 73.7 cm³/mol. The largest absolute Gasteiger partial charge is 0.507 e. The van der Waals surface area contributed by atoms with Crippen LogP contribution in [0, 0.1) is 0 Å². The maximum atomic E-state index is 12.3. The number of aryl methyl sites for hydroxylation is 1. The number of carbonyl (C=O) groups excluding carboxylic acids is 1. The molecule has 6 heteroatoms. The summed E-state index contributed by atoms with van der Waals surface area (Å²) in [5.41, 5.74) is 0.209. The minimum Gasteiger partial charge on any atom is -0.507 e. The number of nitrogens with zero attached hydrogens (tertiary/aromatic N) is 3. The number of hydrogen-bond donors (Lipinski definition) is 1. The Labute approximate surface area is 117 Å². The third-order valence-corrected chi connectivity index (χ3v) is 3.08. The molecular weight excluding hydrogens is 258 g/mol. The molecule has 2 rings (SSSR count). The van der Waals surface area contributed by atoms with E-state index in [1.54, 1.807) is 19.3 Å². The number of carbonyl (C=O) groups is 1. The molecule has 0 aliphatic carbocycles. The van der Waals surface area contributed by atoms with Gasteiger partial charge in [-0.25, -0.2) is 4.98 Å². The van der Waals surface area contributed by atoms with Gasteiger partial charge in [0.2, 0.25) is 0 Å². The van der Waals surface area contributed by atoms with Crippen molar-refractivity contribution in [2.45, 2.75) is 6.54 Å². The van der Waals surface area contributed by atoms with E-state index in [2.05, 4.69) is 4.98 Å². The van der Waals surface area contributed by atoms with Gasteiger partial charge in [0.15, 0.2) is 0 Å². The summed E-state index contributed by atoms with van der Waals surface area (Å²) in [6.07, 6.45) is 3.49. The normalized spacial score (nSPS) is 10.3. The highest BCUT2D eigenvalue weighted by molar-refractivity contribution is 5.97. The minimum atomic E-state index is -0.288. The monoisotopic (exact) mass is 275 g/mol. The topological polar surface area (TPSA) is 67.6 Å². The number of rotatable bonds is 4. The molecule has 0 fully saturated rings. The van der Waals surface area contributed by atoms with Gasteiger partial charge < -0.3 is 19.3 Å². The Balaban J connectivity index is 2.20. The molecule has 1 heterocycles. The Morgan fingerprint density at radius 3 is 2.85 bits per heavy atom. The molecule has 0 spiro atoms. The van der Waals surface area contributed by atoms with Crippen LogP contribution < -0.4 is 4.74 Å². The predicted octanol–water partition coefficient (Wildman–Crippen LogP) is 1.41. The van der Waals surface area contributed by atoms with Gasteiger partial charge in [0.25, 0.3) is 5.91 Å². The standard InChI is InChI=1S/C14H17N3O3/c1-16-7-6-15-13(16)9-17(2)14(19)11-8-10(20-3)4-5-12(11)18/h4-8,18H,9H2,1-3H3. The van der Waals surface area contributed by atoms with Gasteiger partial charge in [-0.15, -0.1) is 0 Å². The van der Waals surface area contributed by atoms with E-state index in [4.69, 9.17) is 4.74 Å². The van der Waals surface area contributed by atoms with Crippen molar-refractivity contribution in [3.8, 4) is 11.5 Å². The molecule has 6 nitrogen and oxygen atoms in total. The number of ether oxygens (including phenoxy) is 1.